The summed E-state index contributed by atoms with van der Waals surface area (Å²) in [5.74, 6) is 0.283. The number of hydrogen-bond donors (Lipinski definition) is 2. The number of aromatic nitrogens is 2. The number of carbonyl (C=O) groups is 2. The lowest BCUT2D eigenvalue weighted by atomic mass is 9.94. The highest BCUT2D eigenvalue weighted by molar-refractivity contribution is 7.20. The Morgan fingerprint density at radius 2 is 1.68 bits per heavy atom. The highest BCUT2D eigenvalue weighted by Crippen LogP contribution is 2.32. The molecule has 0 atom stereocenters. The standard InChI is InChI=1S/C29H33N5O2S/c1-29(2,21-11-7-6-8-12-21)30-26(35)24-19-23-25(31-32-27(23)37-24)33(3)28(36)20-13-15-22(16-14-20)34-17-9-4-5-10-18-34/h6-8,11-16,19H,4-5,9-10,17-18H2,1-3H3,(H,30,35)(H,31,32). The van der Waals surface area contributed by atoms with Crippen LogP contribution in [0.25, 0.3) is 10.2 Å². The smallest absolute Gasteiger partial charge is 0.262 e. The third kappa shape index (κ3) is 5.25. The molecule has 0 aliphatic carbocycles. The molecule has 8 heteroatoms. The van der Waals surface area contributed by atoms with Gasteiger partial charge in [0.05, 0.1) is 15.8 Å². The molecule has 2 N–H and O–H groups in total. The van der Waals surface area contributed by atoms with Crippen molar-refractivity contribution in [1.29, 1.82) is 0 Å². The fraction of sp³-hybridized carbons (Fsp3) is 0.345. The number of H-pyrrole nitrogens is 1. The molecule has 7 nitrogen and oxygen atoms in total. The van der Waals surface area contributed by atoms with Crippen LogP contribution in [0.4, 0.5) is 11.5 Å². The van der Waals surface area contributed by atoms with Crippen LogP contribution in [-0.4, -0.2) is 42.1 Å². The number of thiophene rings is 1. The maximum Gasteiger partial charge on any atom is 0.262 e. The van der Waals surface area contributed by atoms with E-state index in [9.17, 15) is 9.59 Å². The Morgan fingerprint density at radius 3 is 2.35 bits per heavy atom. The molecule has 192 valence electrons. The Morgan fingerprint density at radius 1 is 1.00 bits per heavy atom. The van der Waals surface area contributed by atoms with Gasteiger partial charge < -0.3 is 10.2 Å². The predicted molar refractivity (Wildman–Crippen MR) is 151 cm³/mol. The molecule has 2 aromatic heterocycles. The van der Waals surface area contributed by atoms with Gasteiger partial charge in [-0.2, -0.15) is 5.10 Å². The van der Waals surface area contributed by atoms with Gasteiger partial charge in [0.25, 0.3) is 11.8 Å². The summed E-state index contributed by atoms with van der Waals surface area (Å²) in [7, 11) is 1.73. The van der Waals surface area contributed by atoms with Crippen molar-refractivity contribution >= 4 is 44.9 Å². The summed E-state index contributed by atoms with van der Waals surface area (Å²) < 4.78 is 0. The first-order valence-corrected chi connectivity index (χ1v) is 13.6. The van der Waals surface area contributed by atoms with E-state index in [0.29, 0.717) is 21.1 Å². The number of amides is 2. The molecule has 37 heavy (non-hydrogen) atoms. The van der Waals surface area contributed by atoms with E-state index in [4.69, 9.17) is 0 Å². The summed E-state index contributed by atoms with van der Waals surface area (Å²) in [6, 6.07) is 19.6. The van der Waals surface area contributed by atoms with E-state index in [1.54, 1.807) is 11.9 Å². The average Bonchev–Trinajstić information content (AvgIpc) is 3.39. The number of benzene rings is 2. The zero-order valence-corrected chi connectivity index (χ0v) is 22.4. The Hall–Kier alpha value is -3.65. The summed E-state index contributed by atoms with van der Waals surface area (Å²) in [6.07, 6.45) is 4.99. The lowest BCUT2D eigenvalue weighted by Crippen LogP contribution is -2.40. The maximum absolute atomic E-state index is 13.3. The van der Waals surface area contributed by atoms with E-state index in [0.717, 1.165) is 29.7 Å². The van der Waals surface area contributed by atoms with E-state index in [1.165, 1.54) is 37.0 Å². The van der Waals surface area contributed by atoms with Crippen LogP contribution >= 0.6 is 11.3 Å². The first kappa shape index (κ1) is 25.0. The maximum atomic E-state index is 13.3. The first-order chi connectivity index (χ1) is 17.8. The number of aromatic amines is 1. The Kier molecular flexibility index (Phi) is 7.02. The summed E-state index contributed by atoms with van der Waals surface area (Å²) in [4.78, 5) is 31.6. The molecule has 3 heterocycles. The molecule has 0 bridgehead atoms. The van der Waals surface area contributed by atoms with Gasteiger partial charge in [-0.25, -0.2) is 0 Å². The Balaban J connectivity index is 1.31. The summed E-state index contributed by atoms with van der Waals surface area (Å²) in [6.45, 7) is 6.09. The largest absolute Gasteiger partial charge is 0.372 e. The highest BCUT2D eigenvalue weighted by atomic mass is 32.1. The molecule has 0 saturated carbocycles. The molecule has 4 aromatic rings. The van der Waals surface area contributed by atoms with Crippen LogP contribution in [0, 0.1) is 0 Å². The van der Waals surface area contributed by atoms with Crippen LogP contribution < -0.4 is 15.1 Å². The minimum Gasteiger partial charge on any atom is -0.372 e. The Bertz CT molecular complexity index is 1380. The van der Waals surface area contributed by atoms with E-state index in [-0.39, 0.29) is 11.8 Å². The summed E-state index contributed by atoms with van der Waals surface area (Å²) >= 11 is 1.31. The van der Waals surface area contributed by atoms with Crippen molar-refractivity contribution in [2.75, 3.05) is 29.9 Å². The van der Waals surface area contributed by atoms with Crippen LogP contribution in [-0.2, 0) is 5.54 Å². The lowest BCUT2D eigenvalue weighted by molar-refractivity contribution is 0.0915. The lowest BCUT2D eigenvalue weighted by Gasteiger charge is -2.26. The van der Waals surface area contributed by atoms with Crippen molar-refractivity contribution in [1.82, 2.24) is 15.5 Å². The molecule has 1 aliphatic heterocycles. The van der Waals surface area contributed by atoms with Gasteiger partial charge in [-0.1, -0.05) is 43.2 Å². The second kappa shape index (κ2) is 10.4. The van der Waals surface area contributed by atoms with Gasteiger partial charge in [0, 0.05) is 31.4 Å². The second-order valence-electron chi connectivity index (χ2n) is 10.2. The zero-order valence-electron chi connectivity index (χ0n) is 21.6. The van der Waals surface area contributed by atoms with Crippen LogP contribution in [0.15, 0.2) is 60.7 Å². The van der Waals surface area contributed by atoms with Gasteiger partial charge in [-0.05, 0) is 62.6 Å². The SMILES string of the molecule is CN(C(=O)c1ccc(N2CCCCCC2)cc1)c1[nH]nc2sc(C(=O)NC(C)(C)c3ccccc3)cc12. The average molecular weight is 516 g/mol. The molecule has 1 saturated heterocycles. The number of rotatable bonds is 6. The molecule has 1 aliphatic rings. The fourth-order valence-corrected chi connectivity index (χ4v) is 5.76. The molecular formula is C29H33N5O2S. The number of anilines is 2. The minimum atomic E-state index is -0.527. The Labute approximate surface area is 221 Å². The van der Waals surface area contributed by atoms with Gasteiger partial charge in [0.1, 0.15) is 10.6 Å². The molecule has 1 fully saturated rings. The van der Waals surface area contributed by atoms with Gasteiger partial charge in [-0.15, -0.1) is 11.3 Å². The predicted octanol–water partition coefficient (Wildman–Crippen LogP) is 5.95. The molecular weight excluding hydrogens is 482 g/mol. The topological polar surface area (TPSA) is 81.3 Å². The van der Waals surface area contributed by atoms with Crippen molar-refractivity contribution in [2.24, 2.45) is 0 Å². The van der Waals surface area contributed by atoms with E-state index >= 15 is 0 Å². The molecule has 0 radical (unpaired) electrons. The number of carbonyl (C=O) groups excluding carboxylic acids is 2. The van der Waals surface area contributed by atoms with E-state index < -0.39 is 5.54 Å². The third-order valence-electron chi connectivity index (χ3n) is 7.10. The molecule has 2 aromatic carbocycles. The van der Waals surface area contributed by atoms with Crippen LogP contribution in [0.2, 0.25) is 0 Å². The quantitative estimate of drug-likeness (QED) is 0.333. The molecule has 5 rings (SSSR count). The number of nitrogens with zero attached hydrogens (tertiary/aromatic N) is 3. The normalized spacial score (nSPS) is 14.4. The summed E-state index contributed by atoms with van der Waals surface area (Å²) in [5, 5.41) is 11.2. The van der Waals surface area contributed by atoms with Gasteiger partial charge in [0.15, 0.2) is 0 Å². The highest BCUT2D eigenvalue weighted by Gasteiger charge is 2.26. The van der Waals surface area contributed by atoms with Crippen LogP contribution in [0.3, 0.4) is 0 Å². The number of hydrogen-bond acceptors (Lipinski definition) is 5. The number of nitrogens with one attached hydrogen (secondary N) is 2. The van der Waals surface area contributed by atoms with Crippen LogP contribution in [0.1, 0.15) is 65.1 Å². The third-order valence-corrected chi connectivity index (χ3v) is 8.13. The first-order valence-electron chi connectivity index (χ1n) is 12.8. The molecule has 2 amide bonds. The van der Waals surface area contributed by atoms with Crippen LogP contribution in [0.5, 0.6) is 0 Å². The van der Waals surface area contributed by atoms with E-state index in [2.05, 4.69) is 20.4 Å². The van der Waals surface area contributed by atoms with Crippen molar-refractivity contribution in [2.45, 2.75) is 45.1 Å². The van der Waals surface area contributed by atoms with Crippen molar-refractivity contribution < 1.29 is 9.59 Å². The van der Waals surface area contributed by atoms with Crippen molar-refractivity contribution in [3.8, 4) is 0 Å². The summed E-state index contributed by atoms with van der Waals surface area (Å²) in [5.41, 5.74) is 2.28. The van der Waals surface area contributed by atoms with Gasteiger partial charge in [-0.3, -0.25) is 19.6 Å². The van der Waals surface area contributed by atoms with Gasteiger partial charge >= 0.3 is 0 Å². The second-order valence-corrected chi connectivity index (χ2v) is 11.2. The number of fused-ring (bicyclic) bond motifs is 1. The van der Waals surface area contributed by atoms with Gasteiger partial charge in [0.2, 0.25) is 0 Å². The zero-order chi connectivity index (χ0) is 26.0. The molecule has 0 spiro atoms. The fourth-order valence-electron chi connectivity index (χ4n) is 4.88. The van der Waals surface area contributed by atoms with Crippen molar-refractivity contribution in [3.05, 3.63) is 76.7 Å². The monoisotopic (exact) mass is 515 g/mol. The minimum absolute atomic E-state index is 0.129. The molecule has 0 unspecified atom stereocenters. The van der Waals surface area contributed by atoms with E-state index in [1.807, 2.05) is 74.5 Å². The van der Waals surface area contributed by atoms with Crippen molar-refractivity contribution in [3.63, 3.8) is 0 Å².